The molecule has 25 heavy (non-hydrogen) atoms. The number of hydrogen-bond donors (Lipinski definition) is 2. The molecule has 2 aromatic heterocycles. The first-order valence-corrected chi connectivity index (χ1v) is 7.83. The fraction of sp³-hybridized carbons (Fsp3) is 0.0526. The van der Waals surface area contributed by atoms with Crippen molar-refractivity contribution in [2.45, 2.75) is 6.54 Å². The highest BCUT2D eigenvalue weighted by atomic mass is 16.5. The van der Waals surface area contributed by atoms with Crippen LogP contribution in [0, 0.1) is 0 Å². The molecule has 0 aliphatic rings. The van der Waals surface area contributed by atoms with E-state index >= 15 is 0 Å². The van der Waals surface area contributed by atoms with Gasteiger partial charge in [-0.15, -0.1) is 0 Å². The number of benzene rings is 2. The SMILES string of the molecule is Nc1c(NCc2ccco2)ncnc1Oc1ccc2ccccc2c1. The van der Waals surface area contributed by atoms with Gasteiger partial charge in [-0.1, -0.05) is 30.3 Å². The Hall–Kier alpha value is -3.54. The van der Waals surface area contributed by atoms with Gasteiger partial charge >= 0.3 is 0 Å². The average Bonchev–Trinajstić information content (AvgIpc) is 3.16. The van der Waals surface area contributed by atoms with Crippen LogP contribution >= 0.6 is 0 Å². The van der Waals surface area contributed by atoms with E-state index in [1.165, 1.54) is 6.33 Å². The standard InChI is InChI=1S/C19H16N4O2/c20-17-18(21-11-16-6-3-9-24-16)22-12-23-19(17)25-15-8-7-13-4-1-2-5-14(13)10-15/h1-10,12H,11,20H2,(H,21,22,23). The normalized spacial score (nSPS) is 10.7. The summed E-state index contributed by atoms with van der Waals surface area (Å²) in [5.74, 6) is 2.27. The molecule has 0 atom stereocenters. The zero-order valence-electron chi connectivity index (χ0n) is 13.3. The molecule has 0 unspecified atom stereocenters. The van der Waals surface area contributed by atoms with E-state index in [1.807, 2.05) is 48.5 Å². The van der Waals surface area contributed by atoms with Crippen LogP contribution < -0.4 is 15.8 Å². The second-order valence-corrected chi connectivity index (χ2v) is 5.49. The minimum atomic E-state index is 0.312. The van der Waals surface area contributed by atoms with Crippen molar-refractivity contribution in [3.8, 4) is 11.6 Å². The molecule has 0 bridgehead atoms. The van der Waals surface area contributed by atoms with E-state index in [4.69, 9.17) is 14.9 Å². The van der Waals surface area contributed by atoms with Crippen molar-refractivity contribution in [3.63, 3.8) is 0 Å². The van der Waals surface area contributed by atoms with Crippen LogP contribution in [0.3, 0.4) is 0 Å². The maximum absolute atomic E-state index is 6.14. The van der Waals surface area contributed by atoms with Crippen molar-refractivity contribution >= 4 is 22.3 Å². The summed E-state index contributed by atoms with van der Waals surface area (Å²) >= 11 is 0. The van der Waals surface area contributed by atoms with E-state index in [0.29, 0.717) is 29.7 Å². The first-order valence-electron chi connectivity index (χ1n) is 7.83. The van der Waals surface area contributed by atoms with Gasteiger partial charge in [-0.2, -0.15) is 4.98 Å². The second kappa shape index (κ2) is 6.52. The van der Waals surface area contributed by atoms with Crippen LogP contribution in [0.2, 0.25) is 0 Å². The van der Waals surface area contributed by atoms with Gasteiger partial charge in [0.2, 0.25) is 5.88 Å². The lowest BCUT2D eigenvalue weighted by Gasteiger charge is -2.11. The Bertz CT molecular complexity index is 999. The maximum Gasteiger partial charge on any atom is 0.248 e. The van der Waals surface area contributed by atoms with Gasteiger partial charge in [0.25, 0.3) is 0 Å². The quantitative estimate of drug-likeness (QED) is 0.569. The molecule has 6 nitrogen and oxygen atoms in total. The Balaban J connectivity index is 1.56. The molecule has 0 radical (unpaired) electrons. The number of nitrogen functional groups attached to an aromatic ring is 1. The molecule has 2 heterocycles. The molecule has 4 rings (SSSR count). The number of nitrogens with zero attached hydrogens (tertiary/aromatic N) is 2. The summed E-state index contributed by atoms with van der Waals surface area (Å²) in [4.78, 5) is 8.30. The molecule has 0 spiro atoms. The third-order valence-electron chi connectivity index (χ3n) is 3.79. The summed E-state index contributed by atoms with van der Waals surface area (Å²) in [6, 6.07) is 17.6. The summed E-state index contributed by atoms with van der Waals surface area (Å²) in [5, 5.41) is 5.35. The Kier molecular flexibility index (Phi) is 3.92. The summed E-state index contributed by atoms with van der Waals surface area (Å²) in [5.41, 5.74) is 6.49. The Labute approximate surface area is 144 Å². The van der Waals surface area contributed by atoms with Crippen LogP contribution in [0.15, 0.2) is 71.6 Å². The molecule has 0 aliphatic heterocycles. The van der Waals surface area contributed by atoms with Crippen molar-refractivity contribution in [1.29, 1.82) is 0 Å². The molecule has 0 saturated carbocycles. The van der Waals surface area contributed by atoms with Crippen molar-refractivity contribution in [2.75, 3.05) is 11.1 Å². The van der Waals surface area contributed by atoms with Gasteiger partial charge in [0, 0.05) is 0 Å². The first-order chi connectivity index (χ1) is 12.3. The van der Waals surface area contributed by atoms with Crippen molar-refractivity contribution in [3.05, 3.63) is 72.9 Å². The molecule has 124 valence electrons. The third kappa shape index (κ3) is 3.23. The largest absolute Gasteiger partial charge is 0.467 e. The summed E-state index contributed by atoms with van der Waals surface area (Å²) in [6.45, 7) is 0.476. The number of ether oxygens (including phenoxy) is 1. The van der Waals surface area contributed by atoms with Gasteiger partial charge < -0.3 is 20.2 Å². The van der Waals surface area contributed by atoms with Gasteiger partial charge in [0.15, 0.2) is 5.82 Å². The van der Waals surface area contributed by atoms with E-state index < -0.39 is 0 Å². The van der Waals surface area contributed by atoms with Gasteiger partial charge in [0.1, 0.15) is 23.5 Å². The molecular weight excluding hydrogens is 316 g/mol. The summed E-state index contributed by atoms with van der Waals surface area (Å²) in [7, 11) is 0. The Morgan fingerprint density at radius 1 is 1.00 bits per heavy atom. The van der Waals surface area contributed by atoms with Crippen LogP contribution in [-0.2, 0) is 6.54 Å². The number of fused-ring (bicyclic) bond motifs is 1. The molecular formula is C19H16N4O2. The Morgan fingerprint density at radius 2 is 1.88 bits per heavy atom. The fourth-order valence-corrected chi connectivity index (χ4v) is 2.53. The van der Waals surface area contributed by atoms with Gasteiger partial charge in [-0.05, 0) is 35.0 Å². The number of rotatable bonds is 5. The number of aromatic nitrogens is 2. The topological polar surface area (TPSA) is 86.2 Å². The van der Waals surface area contributed by atoms with Crippen molar-refractivity contribution in [2.24, 2.45) is 0 Å². The molecule has 0 saturated heterocycles. The first kappa shape index (κ1) is 15.0. The molecule has 2 aromatic carbocycles. The smallest absolute Gasteiger partial charge is 0.248 e. The van der Waals surface area contributed by atoms with E-state index in [9.17, 15) is 0 Å². The highest BCUT2D eigenvalue weighted by Crippen LogP contribution is 2.31. The van der Waals surface area contributed by atoms with Crippen LogP contribution in [0.25, 0.3) is 10.8 Å². The van der Waals surface area contributed by atoms with Crippen LogP contribution in [0.4, 0.5) is 11.5 Å². The number of nitrogens with two attached hydrogens (primary N) is 1. The minimum absolute atomic E-state index is 0.312. The number of nitrogens with one attached hydrogen (secondary N) is 1. The molecule has 3 N–H and O–H groups in total. The van der Waals surface area contributed by atoms with Gasteiger partial charge in [-0.3, -0.25) is 0 Å². The number of furan rings is 1. The average molecular weight is 332 g/mol. The lowest BCUT2D eigenvalue weighted by atomic mass is 10.1. The highest BCUT2D eigenvalue weighted by molar-refractivity contribution is 5.83. The van der Waals surface area contributed by atoms with E-state index in [0.717, 1.165) is 16.5 Å². The zero-order valence-corrected chi connectivity index (χ0v) is 13.3. The zero-order chi connectivity index (χ0) is 17.1. The fourth-order valence-electron chi connectivity index (χ4n) is 2.53. The van der Waals surface area contributed by atoms with E-state index in [2.05, 4.69) is 21.4 Å². The Morgan fingerprint density at radius 3 is 2.72 bits per heavy atom. The third-order valence-corrected chi connectivity index (χ3v) is 3.79. The monoisotopic (exact) mass is 332 g/mol. The van der Waals surface area contributed by atoms with Crippen molar-refractivity contribution in [1.82, 2.24) is 9.97 Å². The van der Waals surface area contributed by atoms with Gasteiger partial charge in [-0.25, -0.2) is 4.98 Å². The van der Waals surface area contributed by atoms with E-state index in [-0.39, 0.29) is 0 Å². The summed E-state index contributed by atoms with van der Waals surface area (Å²) in [6.07, 6.45) is 3.03. The molecule has 4 aromatic rings. The predicted octanol–water partition coefficient (Wildman–Crippen LogP) is 4.21. The van der Waals surface area contributed by atoms with E-state index in [1.54, 1.807) is 6.26 Å². The maximum atomic E-state index is 6.14. The van der Waals surface area contributed by atoms with Crippen molar-refractivity contribution < 1.29 is 9.15 Å². The molecule has 6 heteroatoms. The summed E-state index contributed by atoms with van der Waals surface area (Å²) < 4.78 is 11.1. The molecule has 0 aliphatic carbocycles. The second-order valence-electron chi connectivity index (χ2n) is 5.49. The lowest BCUT2D eigenvalue weighted by molar-refractivity contribution is 0.465. The number of anilines is 2. The predicted molar refractivity (Wildman–Crippen MR) is 96.5 cm³/mol. The molecule has 0 amide bonds. The number of hydrogen-bond acceptors (Lipinski definition) is 6. The van der Waals surface area contributed by atoms with Crippen LogP contribution in [0.1, 0.15) is 5.76 Å². The minimum Gasteiger partial charge on any atom is -0.467 e. The van der Waals surface area contributed by atoms with Gasteiger partial charge in [0.05, 0.1) is 12.8 Å². The van der Waals surface area contributed by atoms with Crippen LogP contribution in [-0.4, -0.2) is 9.97 Å². The lowest BCUT2D eigenvalue weighted by Crippen LogP contribution is -2.06. The molecule has 0 fully saturated rings. The van der Waals surface area contributed by atoms with Crippen LogP contribution in [0.5, 0.6) is 11.6 Å². The highest BCUT2D eigenvalue weighted by Gasteiger charge is 2.11.